The average molecular weight is 327 g/mol. The summed E-state index contributed by atoms with van der Waals surface area (Å²) in [4.78, 5) is 11.8. The standard InChI is InChI=1S/C12H11BrN2O2S/c13-11-3-7(6-18-11)5-14-12(16)9-4-10(17-15-9)8-1-2-8/h3-4,6,8H,1-2,5H2,(H,14,16). The molecular weight excluding hydrogens is 316 g/mol. The lowest BCUT2D eigenvalue weighted by molar-refractivity contribution is 0.0942. The number of hydrogen-bond donors (Lipinski definition) is 1. The number of thiophene rings is 1. The second-order valence-corrected chi connectivity index (χ2v) is 6.62. The molecule has 0 atom stereocenters. The third-order valence-corrected chi connectivity index (χ3v) is 4.37. The van der Waals surface area contributed by atoms with E-state index in [1.165, 1.54) is 0 Å². The zero-order valence-corrected chi connectivity index (χ0v) is 11.9. The second kappa shape index (κ2) is 4.85. The number of amides is 1. The number of carbonyl (C=O) groups excluding carboxylic acids is 1. The molecule has 0 bridgehead atoms. The van der Waals surface area contributed by atoms with E-state index in [4.69, 9.17) is 4.52 Å². The number of carbonyl (C=O) groups is 1. The third kappa shape index (κ3) is 2.64. The quantitative estimate of drug-likeness (QED) is 0.937. The monoisotopic (exact) mass is 326 g/mol. The van der Waals surface area contributed by atoms with Crippen molar-refractivity contribution in [3.05, 3.63) is 38.3 Å². The first kappa shape index (κ1) is 11.9. The van der Waals surface area contributed by atoms with Crippen molar-refractivity contribution in [1.29, 1.82) is 0 Å². The molecule has 1 aliphatic carbocycles. The Kier molecular flexibility index (Phi) is 3.22. The van der Waals surface area contributed by atoms with Crippen LogP contribution in [0.1, 0.15) is 40.6 Å². The van der Waals surface area contributed by atoms with Crippen molar-refractivity contribution in [3.8, 4) is 0 Å². The zero-order valence-electron chi connectivity index (χ0n) is 9.48. The highest BCUT2D eigenvalue weighted by Gasteiger charge is 2.28. The Morgan fingerprint density at radius 1 is 1.56 bits per heavy atom. The molecule has 94 valence electrons. The number of nitrogens with zero attached hydrogens (tertiary/aromatic N) is 1. The maximum absolute atomic E-state index is 11.8. The van der Waals surface area contributed by atoms with Crippen LogP contribution in [-0.4, -0.2) is 11.1 Å². The topological polar surface area (TPSA) is 55.1 Å². The first-order valence-electron chi connectivity index (χ1n) is 5.70. The highest BCUT2D eigenvalue weighted by molar-refractivity contribution is 9.11. The molecule has 0 unspecified atom stereocenters. The molecule has 0 radical (unpaired) electrons. The van der Waals surface area contributed by atoms with Crippen molar-refractivity contribution in [1.82, 2.24) is 10.5 Å². The van der Waals surface area contributed by atoms with Crippen LogP contribution < -0.4 is 5.32 Å². The maximum atomic E-state index is 11.8. The number of nitrogens with one attached hydrogen (secondary N) is 1. The summed E-state index contributed by atoms with van der Waals surface area (Å²) in [6.45, 7) is 0.507. The van der Waals surface area contributed by atoms with Gasteiger partial charge in [-0.25, -0.2) is 0 Å². The molecule has 2 aromatic rings. The first-order chi connectivity index (χ1) is 8.72. The van der Waals surface area contributed by atoms with Gasteiger partial charge < -0.3 is 9.84 Å². The van der Waals surface area contributed by atoms with Crippen LogP contribution in [0.15, 0.2) is 25.8 Å². The van der Waals surface area contributed by atoms with Gasteiger partial charge >= 0.3 is 0 Å². The molecule has 1 N–H and O–H groups in total. The smallest absolute Gasteiger partial charge is 0.273 e. The SMILES string of the molecule is O=C(NCc1csc(Br)c1)c1cc(C2CC2)on1. The van der Waals surface area contributed by atoms with Crippen LogP contribution in [0.5, 0.6) is 0 Å². The molecule has 18 heavy (non-hydrogen) atoms. The molecule has 0 aliphatic heterocycles. The Hall–Kier alpha value is -1.14. The molecule has 3 rings (SSSR count). The first-order valence-corrected chi connectivity index (χ1v) is 7.37. The van der Waals surface area contributed by atoms with Gasteiger partial charge in [-0.05, 0) is 45.8 Å². The van der Waals surface area contributed by atoms with Crippen molar-refractivity contribution in [2.45, 2.75) is 25.3 Å². The predicted molar refractivity (Wildman–Crippen MR) is 71.7 cm³/mol. The van der Waals surface area contributed by atoms with E-state index in [9.17, 15) is 4.79 Å². The van der Waals surface area contributed by atoms with E-state index < -0.39 is 0 Å². The Morgan fingerprint density at radius 3 is 3.06 bits per heavy atom. The van der Waals surface area contributed by atoms with E-state index in [-0.39, 0.29) is 5.91 Å². The van der Waals surface area contributed by atoms with Crippen molar-refractivity contribution in [3.63, 3.8) is 0 Å². The van der Waals surface area contributed by atoms with Gasteiger partial charge in [-0.1, -0.05) is 5.16 Å². The van der Waals surface area contributed by atoms with Gasteiger partial charge in [0.2, 0.25) is 0 Å². The van der Waals surface area contributed by atoms with Gasteiger partial charge in [0.05, 0.1) is 3.79 Å². The molecule has 4 nitrogen and oxygen atoms in total. The Morgan fingerprint density at radius 2 is 2.39 bits per heavy atom. The fraction of sp³-hybridized carbons (Fsp3) is 0.333. The molecule has 1 aliphatic rings. The minimum Gasteiger partial charge on any atom is -0.360 e. The number of rotatable bonds is 4. The third-order valence-electron chi connectivity index (χ3n) is 2.82. The molecular formula is C12H11BrN2O2S. The molecule has 6 heteroatoms. The van der Waals surface area contributed by atoms with E-state index in [0.717, 1.165) is 28.0 Å². The Balaban J connectivity index is 1.59. The van der Waals surface area contributed by atoms with E-state index in [1.54, 1.807) is 17.4 Å². The molecule has 1 saturated carbocycles. The Bertz CT molecular complexity index is 574. The maximum Gasteiger partial charge on any atom is 0.273 e. The molecule has 0 aromatic carbocycles. The number of aromatic nitrogens is 1. The van der Waals surface area contributed by atoms with Gasteiger partial charge in [-0.2, -0.15) is 0 Å². The van der Waals surface area contributed by atoms with Crippen LogP contribution in [0.3, 0.4) is 0 Å². The molecule has 1 amide bonds. The van der Waals surface area contributed by atoms with Crippen LogP contribution in [0.4, 0.5) is 0 Å². The summed E-state index contributed by atoms with van der Waals surface area (Å²) < 4.78 is 6.21. The largest absolute Gasteiger partial charge is 0.360 e. The summed E-state index contributed by atoms with van der Waals surface area (Å²) in [5, 5.41) is 8.63. The number of hydrogen-bond acceptors (Lipinski definition) is 4. The van der Waals surface area contributed by atoms with Crippen LogP contribution >= 0.6 is 27.3 Å². The van der Waals surface area contributed by atoms with Gasteiger partial charge in [0.15, 0.2) is 5.69 Å². The molecule has 1 fully saturated rings. The van der Waals surface area contributed by atoms with E-state index >= 15 is 0 Å². The summed E-state index contributed by atoms with van der Waals surface area (Å²) in [7, 11) is 0. The highest BCUT2D eigenvalue weighted by Crippen LogP contribution is 2.40. The molecule has 2 aromatic heterocycles. The van der Waals surface area contributed by atoms with Crippen LogP contribution in [0.2, 0.25) is 0 Å². The lowest BCUT2D eigenvalue weighted by Crippen LogP contribution is -2.22. The molecule has 0 saturated heterocycles. The fourth-order valence-corrected chi connectivity index (χ4v) is 2.88. The van der Waals surface area contributed by atoms with Crippen molar-refractivity contribution < 1.29 is 9.32 Å². The van der Waals surface area contributed by atoms with Gasteiger partial charge in [0.25, 0.3) is 5.91 Å². The summed E-state index contributed by atoms with van der Waals surface area (Å²) in [5.41, 5.74) is 1.44. The molecule has 0 spiro atoms. The summed E-state index contributed by atoms with van der Waals surface area (Å²) in [6.07, 6.45) is 2.28. The van der Waals surface area contributed by atoms with Gasteiger partial charge in [0.1, 0.15) is 5.76 Å². The van der Waals surface area contributed by atoms with Crippen molar-refractivity contribution >= 4 is 33.2 Å². The minimum atomic E-state index is -0.187. The van der Waals surface area contributed by atoms with Crippen molar-refractivity contribution in [2.24, 2.45) is 0 Å². The summed E-state index contributed by atoms with van der Waals surface area (Å²) in [6, 6.07) is 3.74. The lowest BCUT2D eigenvalue weighted by Gasteiger charge is -1.99. The van der Waals surface area contributed by atoms with E-state index in [2.05, 4.69) is 26.4 Å². The lowest BCUT2D eigenvalue weighted by atomic mass is 10.2. The van der Waals surface area contributed by atoms with Gasteiger partial charge in [0, 0.05) is 18.5 Å². The summed E-state index contributed by atoms with van der Waals surface area (Å²) in [5.74, 6) is 1.12. The Labute approximate surface area is 116 Å². The predicted octanol–water partition coefficient (Wildman–Crippen LogP) is 3.31. The average Bonchev–Trinajstić information content (AvgIpc) is 2.94. The van der Waals surface area contributed by atoms with Crippen LogP contribution in [0, 0.1) is 0 Å². The van der Waals surface area contributed by atoms with Crippen LogP contribution in [-0.2, 0) is 6.54 Å². The second-order valence-electron chi connectivity index (χ2n) is 4.33. The molecule has 2 heterocycles. The van der Waals surface area contributed by atoms with Gasteiger partial charge in [-0.3, -0.25) is 4.79 Å². The number of halogens is 1. The highest BCUT2D eigenvalue weighted by atomic mass is 79.9. The normalized spacial score (nSPS) is 14.7. The van der Waals surface area contributed by atoms with E-state index in [1.807, 2.05) is 11.4 Å². The zero-order chi connectivity index (χ0) is 12.5. The van der Waals surface area contributed by atoms with E-state index in [0.29, 0.717) is 18.2 Å². The minimum absolute atomic E-state index is 0.187. The van der Waals surface area contributed by atoms with Gasteiger partial charge in [-0.15, -0.1) is 11.3 Å². The summed E-state index contributed by atoms with van der Waals surface area (Å²) >= 11 is 4.99. The van der Waals surface area contributed by atoms with Crippen LogP contribution in [0.25, 0.3) is 0 Å². The van der Waals surface area contributed by atoms with Crippen molar-refractivity contribution in [2.75, 3.05) is 0 Å². The fourth-order valence-electron chi connectivity index (χ4n) is 1.67.